The van der Waals surface area contributed by atoms with Gasteiger partial charge >= 0.3 is 0 Å². The van der Waals surface area contributed by atoms with Crippen LogP contribution in [0.3, 0.4) is 0 Å². The molecule has 2 aliphatic heterocycles. The molecule has 0 radical (unpaired) electrons. The number of ether oxygens (including phenoxy) is 2. The molecule has 0 spiro atoms. The summed E-state index contributed by atoms with van der Waals surface area (Å²) in [5, 5.41) is 2.70. The number of imide groups is 1. The molecule has 36 heavy (non-hydrogen) atoms. The Morgan fingerprint density at radius 1 is 0.944 bits per heavy atom. The second-order valence-corrected chi connectivity index (χ2v) is 8.47. The van der Waals surface area contributed by atoms with Gasteiger partial charge in [0.1, 0.15) is 24.7 Å². The molecule has 3 aromatic rings. The van der Waals surface area contributed by atoms with E-state index in [0.717, 1.165) is 10.5 Å². The Kier molecular flexibility index (Phi) is 6.12. The van der Waals surface area contributed by atoms with Crippen LogP contribution >= 0.6 is 0 Å². The van der Waals surface area contributed by atoms with Crippen LogP contribution in [0.2, 0.25) is 0 Å². The van der Waals surface area contributed by atoms with Crippen molar-refractivity contribution < 1.29 is 28.7 Å². The Balaban J connectivity index is 1.25. The Morgan fingerprint density at radius 3 is 2.33 bits per heavy atom. The molecule has 4 amide bonds. The van der Waals surface area contributed by atoms with Crippen LogP contribution < -0.4 is 19.7 Å². The zero-order valence-electron chi connectivity index (χ0n) is 19.5. The number of carbonyl (C=O) groups is 4. The van der Waals surface area contributed by atoms with Gasteiger partial charge in [-0.05, 0) is 49.4 Å². The minimum Gasteiger partial charge on any atom is -0.492 e. The molecule has 3 aromatic carbocycles. The number of hydrogen-bond donors (Lipinski definition) is 1. The minimum atomic E-state index is -0.540. The zero-order valence-corrected chi connectivity index (χ0v) is 19.5. The van der Waals surface area contributed by atoms with Crippen LogP contribution in [-0.4, -0.2) is 54.8 Å². The molecule has 5 rings (SSSR count). The van der Waals surface area contributed by atoms with Crippen molar-refractivity contribution in [3.05, 3.63) is 83.4 Å². The SMILES string of the molecule is Cc1ccc(OCCN2C(=O)COc3ccc(NC(=O)CN4C(=O)c5ccccc5C4=O)cc32)cc1. The first kappa shape index (κ1) is 23.1. The number of fused-ring (bicyclic) bond motifs is 2. The van der Waals surface area contributed by atoms with E-state index < -0.39 is 24.3 Å². The molecule has 9 heteroatoms. The van der Waals surface area contributed by atoms with Crippen LogP contribution in [0.25, 0.3) is 0 Å². The number of anilines is 2. The molecule has 0 bridgehead atoms. The predicted octanol–water partition coefficient (Wildman–Crippen LogP) is 3.03. The molecule has 0 atom stereocenters. The van der Waals surface area contributed by atoms with Crippen LogP contribution in [-0.2, 0) is 9.59 Å². The summed E-state index contributed by atoms with van der Waals surface area (Å²) >= 11 is 0. The monoisotopic (exact) mass is 485 g/mol. The molecule has 1 N–H and O–H groups in total. The summed E-state index contributed by atoms with van der Waals surface area (Å²) in [4.78, 5) is 52.8. The summed E-state index contributed by atoms with van der Waals surface area (Å²) in [6.45, 7) is 2.03. The maximum Gasteiger partial charge on any atom is 0.265 e. The van der Waals surface area contributed by atoms with Crippen molar-refractivity contribution in [2.24, 2.45) is 0 Å². The number of amides is 4. The Bertz CT molecular complexity index is 1330. The van der Waals surface area contributed by atoms with Crippen molar-refractivity contribution in [3.63, 3.8) is 0 Å². The number of aryl methyl sites for hydroxylation is 1. The smallest absolute Gasteiger partial charge is 0.265 e. The summed E-state index contributed by atoms with van der Waals surface area (Å²) in [7, 11) is 0. The summed E-state index contributed by atoms with van der Waals surface area (Å²) < 4.78 is 11.3. The van der Waals surface area contributed by atoms with E-state index in [1.54, 1.807) is 47.4 Å². The lowest BCUT2D eigenvalue weighted by molar-refractivity contribution is -0.121. The first-order valence-electron chi connectivity index (χ1n) is 11.4. The van der Waals surface area contributed by atoms with Gasteiger partial charge in [-0.25, -0.2) is 0 Å². The number of carbonyl (C=O) groups excluding carboxylic acids is 4. The third-order valence-corrected chi connectivity index (χ3v) is 5.97. The Labute approximate surface area is 207 Å². The zero-order chi connectivity index (χ0) is 25.2. The van der Waals surface area contributed by atoms with Gasteiger partial charge in [-0.1, -0.05) is 29.8 Å². The Morgan fingerprint density at radius 2 is 1.64 bits per heavy atom. The predicted molar refractivity (Wildman–Crippen MR) is 131 cm³/mol. The molecule has 9 nitrogen and oxygen atoms in total. The largest absolute Gasteiger partial charge is 0.492 e. The fourth-order valence-electron chi connectivity index (χ4n) is 4.14. The van der Waals surface area contributed by atoms with Crippen molar-refractivity contribution in [1.82, 2.24) is 4.90 Å². The molecule has 0 aliphatic carbocycles. The topological polar surface area (TPSA) is 105 Å². The van der Waals surface area contributed by atoms with E-state index in [1.807, 2.05) is 31.2 Å². The van der Waals surface area contributed by atoms with E-state index in [-0.39, 0.29) is 36.8 Å². The van der Waals surface area contributed by atoms with Gasteiger partial charge in [0.2, 0.25) is 5.91 Å². The van der Waals surface area contributed by atoms with Crippen LogP contribution in [0.4, 0.5) is 11.4 Å². The molecular weight excluding hydrogens is 462 g/mol. The highest BCUT2D eigenvalue weighted by Gasteiger charge is 2.36. The fraction of sp³-hybridized carbons (Fsp3) is 0.185. The van der Waals surface area contributed by atoms with Crippen molar-refractivity contribution in [2.75, 3.05) is 36.5 Å². The summed E-state index contributed by atoms with van der Waals surface area (Å²) in [5.41, 5.74) is 2.58. The third kappa shape index (κ3) is 4.50. The maximum atomic E-state index is 12.7. The molecule has 182 valence electrons. The van der Waals surface area contributed by atoms with Crippen LogP contribution in [0, 0.1) is 6.92 Å². The average Bonchev–Trinajstić information content (AvgIpc) is 3.11. The average molecular weight is 485 g/mol. The highest BCUT2D eigenvalue weighted by atomic mass is 16.5. The van der Waals surface area contributed by atoms with Crippen LogP contribution in [0.5, 0.6) is 11.5 Å². The van der Waals surface area contributed by atoms with Gasteiger partial charge in [0.25, 0.3) is 17.7 Å². The number of hydrogen-bond acceptors (Lipinski definition) is 6. The Hall–Kier alpha value is -4.66. The third-order valence-electron chi connectivity index (χ3n) is 5.97. The number of nitrogens with one attached hydrogen (secondary N) is 1. The highest BCUT2D eigenvalue weighted by Crippen LogP contribution is 2.34. The number of nitrogens with zero attached hydrogens (tertiary/aromatic N) is 2. The van der Waals surface area contributed by atoms with Crippen LogP contribution in [0.15, 0.2) is 66.7 Å². The number of rotatable bonds is 7. The van der Waals surface area contributed by atoms with Gasteiger partial charge < -0.3 is 19.7 Å². The molecule has 0 unspecified atom stereocenters. The minimum absolute atomic E-state index is 0.0943. The fourth-order valence-corrected chi connectivity index (χ4v) is 4.14. The normalized spacial score (nSPS) is 14.3. The molecule has 0 aromatic heterocycles. The van der Waals surface area contributed by atoms with Gasteiger partial charge in [0, 0.05) is 5.69 Å². The van der Waals surface area contributed by atoms with Gasteiger partial charge in [-0.15, -0.1) is 0 Å². The second-order valence-electron chi connectivity index (χ2n) is 8.47. The molecule has 0 saturated carbocycles. The molecular formula is C27H23N3O6. The van der Waals surface area contributed by atoms with E-state index in [1.165, 1.54) is 0 Å². The quantitative estimate of drug-likeness (QED) is 0.516. The summed E-state index contributed by atoms with van der Waals surface area (Å²) in [5.74, 6) is -0.574. The first-order chi connectivity index (χ1) is 17.4. The van der Waals surface area contributed by atoms with Crippen molar-refractivity contribution in [3.8, 4) is 11.5 Å². The van der Waals surface area contributed by atoms with Crippen LogP contribution in [0.1, 0.15) is 26.3 Å². The van der Waals surface area contributed by atoms with E-state index in [2.05, 4.69) is 5.32 Å². The lowest BCUT2D eigenvalue weighted by Crippen LogP contribution is -2.41. The molecule has 2 heterocycles. The summed E-state index contributed by atoms with van der Waals surface area (Å²) in [6, 6.07) is 19.0. The first-order valence-corrected chi connectivity index (χ1v) is 11.4. The van der Waals surface area contributed by atoms with E-state index in [0.29, 0.717) is 22.9 Å². The van der Waals surface area contributed by atoms with E-state index in [4.69, 9.17) is 9.47 Å². The van der Waals surface area contributed by atoms with Crippen molar-refractivity contribution in [2.45, 2.75) is 6.92 Å². The standard InChI is InChI=1S/C27H23N3O6/c1-17-6-9-19(10-7-17)35-13-12-29-22-14-18(8-11-23(22)36-16-25(29)32)28-24(31)15-30-26(33)20-4-2-3-5-21(20)27(30)34/h2-11,14H,12-13,15-16H2,1H3,(H,28,31). The highest BCUT2D eigenvalue weighted by molar-refractivity contribution is 6.22. The maximum absolute atomic E-state index is 12.7. The lowest BCUT2D eigenvalue weighted by Gasteiger charge is -2.29. The summed E-state index contributed by atoms with van der Waals surface area (Å²) in [6.07, 6.45) is 0. The van der Waals surface area contributed by atoms with Gasteiger partial charge in [-0.2, -0.15) is 0 Å². The lowest BCUT2D eigenvalue weighted by atomic mass is 10.1. The van der Waals surface area contributed by atoms with Gasteiger partial charge in [0.05, 0.1) is 23.4 Å². The second kappa shape index (κ2) is 9.53. The van der Waals surface area contributed by atoms with Gasteiger partial charge in [0.15, 0.2) is 6.61 Å². The molecule has 0 fully saturated rings. The van der Waals surface area contributed by atoms with E-state index in [9.17, 15) is 19.2 Å². The number of benzene rings is 3. The molecule has 0 saturated heterocycles. The van der Waals surface area contributed by atoms with Crippen molar-refractivity contribution in [1.29, 1.82) is 0 Å². The van der Waals surface area contributed by atoms with E-state index >= 15 is 0 Å². The molecule has 2 aliphatic rings. The van der Waals surface area contributed by atoms with Crippen molar-refractivity contribution >= 4 is 35.0 Å². The van der Waals surface area contributed by atoms with Gasteiger partial charge in [-0.3, -0.25) is 24.1 Å².